The van der Waals surface area contributed by atoms with Crippen molar-refractivity contribution in [2.75, 3.05) is 53.1 Å². The van der Waals surface area contributed by atoms with Gasteiger partial charge < -0.3 is 19.3 Å². The van der Waals surface area contributed by atoms with E-state index >= 15 is 0 Å². The van der Waals surface area contributed by atoms with Crippen LogP contribution >= 0.6 is 0 Å². The Hall–Kier alpha value is -1.92. The normalized spacial score (nSPS) is 14.9. The standard InChI is InChI=1S/C17H24N2O4/c1-14-5-3-4-6-15(14)17(21)19-9-7-18(8-10-19)16(20)13-23-12-11-22-2/h3-6H,7-13H2,1-2H3. The van der Waals surface area contributed by atoms with E-state index in [2.05, 4.69) is 0 Å². The molecular weight excluding hydrogens is 296 g/mol. The van der Waals surface area contributed by atoms with E-state index in [9.17, 15) is 9.59 Å². The molecule has 6 heteroatoms. The molecule has 6 nitrogen and oxygen atoms in total. The van der Waals surface area contributed by atoms with Gasteiger partial charge in [0.2, 0.25) is 5.91 Å². The topological polar surface area (TPSA) is 59.1 Å². The van der Waals surface area contributed by atoms with Crippen molar-refractivity contribution in [3.63, 3.8) is 0 Å². The smallest absolute Gasteiger partial charge is 0.254 e. The molecule has 1 aliphatic heterocycles. The molecule has 1 aliphatic rings. The van der Waals surface area contributed by atoms with Gasteiger partial charge in [-0.2, -0.15) is 0 Å². The zero-order chi connectivity index (χ0) is 16.7. The minimum Gasteiger partial charge on any atom is -0.382 e. The maximum atomic E-state index is 12.5. The molecule has 0 radical (unpaired) electrons. The van der Waals surface area contributed by atoms with Gasteiger partial charge in [-0.1, -0.05) is 18.2 Å². The van der Waals surface area contributed by atoms with E-state index in [1.165, 1.54) is 0 Å². The van der Waals surface area contributed by atoms with Gasteiger partial charge >= 0.3 is 0 Å². The highest BCUT2D eigenvalue weighted by Crippen LogP contribution is 2.12. The molecule has 126 valence electrons. The number of ether oxygens (including phenoxy) is 2. The first-order chi connectivity index (χ1) is 11.1. The number of hydrogen-bond acceptors (Lipinski definition) is 4. The average molecular weight is 320 g/mol. The van der Waals surface area contributed by atoms with E-state index in [1.54, 1.807) is 16.9 Å². The fraction of sp³-hybridized carbons (Fsp3) is 0.529. The Balaban J connectivity index is 1.80. The Morgan fingerprint density at radius 1 is 1.04 bits per heavy atom. The van der Waals surface area contributed by atoms with E-state index in [0.29, 0.717) is 39.4 Å². The monoisotopic (exact) mass is 320 g/mol. The number of amides is 2. The summed E-state index contributed by atoms with van der Waals surface area (Å²) in [4.78, 5) is 28.1. The molecule has 2 rings (SSSR count). The summed E-state index contributed by atoms with van der Waals surface area (Å²) < 4.78 is 10.1. The van der Waals surface area contributed by atoms with Crippen LogP contribution in [0.4, 0.5) is 0 Å². The molecule has 0 atom stereocenters. The lowest BCUT2D eigenvalue weighted by Gasteiger charge is -2.35. The second kappa shape index (κ2) is 8.64. The Bertz CT molecular complexity index is 539. The summed E-state index contributed by atoms with van der Waals surface area (Å²) >= 11 is 0. The van der Waals surface area contributed by atoms with Crippen molar-refractivity contribution in [1.82, 2.24) is 9.80 Å². The van der Waals surface area contributed by atoms with Crippen molar-refractivity contribution in [1.29, 1.82) is 0 Å². The average Bonchev–Trinajstić information content (AvgIpc) is 2.58. The third-order valence-electron chi connectivity index (χ3n) is 3.95. The molecule has 0 bridgehead atoms. The highest BCUT2D eigenvalue weighted by molar-refractivity contribution is 5.95. The summed E-state index contributed by atoms with van der Waals surface area (Å²) in [6, 6.07) is 7.58. The predicted octanol–water partition coefficient (Wildman–Crippen LogP) is 0.942. The zero-order valence-corrected chi connectivity index (χ0v) is 13.8. The van der Waals surface area contributed by atoms with Crippen molar-refractivity contribution in [2.24, 2.45) is 0 Å². The van der Waals surface area contributed by atoms with E-state index in [-0.39, 0.29) is 18.4 Å². The van der Waals surface area contributed by atoms with Gasteiger partial charge in [0.15, 0.2) is 0 Å². The van der Waals surface area contributed by atoms with Crippen LogP contribution in [0.2, 0.25) is 0 Å². The quantitative estimate of drug-likeness (QED) is 0.732. The van der Waals surface area contributed by atoms with Crippen LogP contribution in [-0.2, 0) is 14.3 Å². The summed E-state index contributed by atoms with van der Waals surface area (Å²) in [5.41, 5.74) is 1.71. The lowest BCUT2D eigenvalue weighted by atomic mass is 10.1. The summed E-state index contributed by atoms with van der Waals surface area (Å²) in [5.74, 6) is -0.00404. The van der Waals surface area contributed by atoms with Crippen molar-refractivity contribution < 1.29 is 19.1 Å². The summed E-state index contributed by atoms with van der Waals surface area (Å²) in [6.45, 7) is 5.08. The Labute approximate surface area is 137 Å². The molecule has 1 aromatic carbocycles. The third-order valence-corrected chi connectivity index (χ3v) is 3.95. The van der Waals surface area contributed by atoms with Gasteiger partial charge in [-0.15, -0.1) is 0 Å². The molecule has 23 heavy (non-hydrogen) atoms. The molecule has 1 fully saturated rings. The number of methoxy groups -OCH3 is 1. The lowest BCUT2D eigenvalue weighted by Crippen LogP contribution is -2.51. The minimum absolute atomic E-state index is 0.0338. The van der Waals surface area contributed by atoms with Crippen LogP contribution in [0.5, 0.6) is 0 Å². The second-order valence-corrected chi connectivity index (χ2v) is 5.53. The van der Waals surface area contributed by atoms with Crippen LogP contribution in [0.1, 0.15) is 15.9 Å². The lowest BCUT2D eigenvalue weighted by molar-refractivity contribution is -0.138. The van der Waals surface area contributed by atoms with Gasteiger partial charge in [-0.05, 0) is 18.6 Å². The maximum Gasteiger partial charge on any atom is 0.254 e. The molecule has 1 saturated heterocycles. The first-order valence-corrected chi connectivity index (χ1v) is 7.83. The van der Waals surface area contributed by atoms with Crippen molar-refractivity contribution in [3.05, 3.63) is 35.4 Å². The molecule has 0 aromatic heterocycles. The highest BCUT2D eigenvalue weighted by Gasteiger charge is 2.25. The van der Waals surface area contributed by atoms with Gasteiger partial charge in [0.1, 0.15) is 6.61 Å². The fourth-order valence-electron chi connectivity index (χ4n) is 2.54. The van der Waals surface area contributed by atoms with Gasteiger partial charge in [-0.25, -0.2) is 0 Å². The Morgan fingerprint density at radius 3 is 2.35 bits per heavy atom. The van der Waals surface area contributed by atoms with Crippen molar-refractivity contribution in [3.8, 4) is 0 Å². The van der Waals surface area contributed by atoms with Crippen LogP contribution in [0.25, 0.3) is 0 Å². The van der Waals surface area contributed by atoms with E-state index in [4.69, 9.17) is 9.47 Å². The van der Waals surface area contributed by atoms with Crippen LogP contribution < -0.4 is 0 Å². The number of rotatable bonds is 6. The van der Waals surface area contributed by atoms with Crippen LogP contribution in [-0.4, -0.2) is 74.7 Å². The molecule has 0 unspecified atom stereocenters. The van der Waals surface area contributed by atoms with E-state index < -0.39 is 0 Å². The van der Waals surface area contributed by atoms with Crippen LogP contribution in [0.3, 0.4) is 0 Å². The van der Waals surface area contributed by atoms with Crippen LogP contribution in [0, 0.1) is 6.92 Å². The van der Waals surface area contributed by atoms with E-state index in [1.807, 2.05) is 31.2 Å². The van der Waals surface area contributed by atoms with Crippen LogP contribution in [0.15, 0.2) is 24.3 Å². The summed E-state index contributed by atoms with van der Waals surface area (Å²) in [7, 11) is 1.59. The number of carbonyl (C=O) groups is 2. The zero-order valence-electron chi connectivity index (χ0n) is 13.8. The summed E-state index contributed by atoms with van der Waals surface area (Å²) in [5, 5.41) is 0. The van der Waals surface area contributed by atoms with Gasteiger partial charge in [0.05, 0.1) is 13.2 Å². The molecule has 0 N–H and O–H groups in total. The highest BCUT2D eigenvalue weighted by atomic mass is 16.5. The maximum absolute atomic E-state index is 12.5. The second-order valence-electron chi connectivity index (χ2n) is 5.53. The number of hydrogen-bond donors (Lipinski definition) is 0. The molecule has 0 aliphatic carbocycles. The van der Waals surface area contributed by atoms with E-state index in [0.717, 1.165) is 11.1 Å². The van der Waals surface area contributed by atoms with Crippen molar-refractivity contribution in [2.45, 2.75) is 6.92 Å². The van der Waals surface area contributed by atoms with Gasteiger partial charge in [0, 0.05) is 38.9 Å². The molecule has 1 heterocycles. The summed E-state index contributed by atoms with van der Waals surface area (Å²) in [6.07, 6.45) is 0. The van der Waals surface area contributed by atoms with Crippen molar-refractivity contribution >= 4 is 11.8 Å². The van der Waals surface area contributed by atoms with Gasteiger partial charge in [0.25, 0.3) is 5.91 Å². The predicted molar refractivity (Wildman–Crippen MR) is 86.4 cm³/mol. The molecule has 1 aromatic rings. The minimum atomic E-state index is -0.0379. The Kier molecular flexibility index (Phi) is 6.55. The molecular formula is C17H24N2O4. The SMILES string of the molecule is COCCOCC(=O)N1CCN(C(=O)c2ccccc2C)CC1. The largest absolute Gasteiger partial charge is 0.382 e. The first kappa shape index (κ1) is 17.4. The number of carbonyl (C=O) groups excluding carboxylic acids is 2. The van der Waals surface area contributed by atoms with Gasteiger partial charge in [-0.3, -0.25) is 9.59 Å². The first-order valence-electron chi connectivity index (χ1n) is 7.83. The fourth-order valence-corrected chi connectivity index (χ4v) is 2.54. The number of aryl methyl sites for hydroxylation is 1. The molecule has 0 spiro atoms. The third kappa shape index (κ3) is 4.77. The number of piperazine rings is 1. The molecule has 0 saturated carbocycles. The molecule has 2 amide bonds. The Morgan fingerprint density at radius 2 is 1.70 bits per heavy atom. The number of benzene rings is 1. The number of nitrogens with zero attached hydrogens (tertiary/aromatic N) is 2.